The van der Waals surface area contributed by atoms with E-state index in [9.17, 15) is 4.79 Å². The van der Waals surface area contributed by atoms with Crippen molar-refractivity contribution < 1.29 is 9.63 Å². The molecule has 0 aromatic carbocycles. The molecule has 0 bridgehead atoms. The molecule has 0 atom stereocenters. The molecule has 0 radical (unpaired) electrons. The second-order valence-corrected chi connectivity index (χ2v) is 3.39. The van der Waals surface area contributed by atoms with Crippen LogP contribution in [0, 0.1) is 6.92 Å². The third-order valence-electron chi connectivity index (χ3n) is 1.73. The first kappa shape index (κ1) is 10.7. The molecule has 0 fully saturated rings. The predicted octanol–water partition coefficient (Wildman–Crippen LogP) is 0.798. The van der Waals surface area contributed by atoms with Gasteiger partial charge in [-0.2, -0.15) is 5.10 Å². The topological polar surface area (TPSA) is 56.1 Å². The summed E-state index contributed by atoms with van der Waals surface area (Å²) in [4.78, 5) is 16.4. The molecule has 14 heavy (non-hydrogen) atoms. The Bertz CT molecular complexity index is 311. The molecule has 0 saturated carbocycles. The van der Waals surface area contributed by atoms with Gasteiger partial charge in [-0.1, -0.05) is 0 Å². The van der Waals surface area contributed by atoms with E-state index in [1.54, 1.807) is 17.8 Å². The summed E-state index contributed by atoms with van der Waals surface area (Å²) in [5.41, 5.74) is 3.62. The molecular formula is C9H15N3O2. The molecule has 0 unspecified atom stereocenters. The van der Waals surface area contributed by atoms with Gasteiger partial charge in [0.05, 0.1) is 6.10 Å². The number of hydrogen-bond donors (Lipinski definition) is 1. The number of rotatable bonds is 3. The summed E-state index contributed by atoms with van der Waals surface area (Å²) in [6.45, 7) is 5.56. The highest BCUT2D eigenvalue weighted by Gasteiger charge is 2.10. The third-order valence-corrected chi connectivity index (χ3v) is 1.73. The first-order valence-corrected chi connectivity index (χ1v) is 4.47. The fourth-order valence-electron chi connectivity index (χ4n) is 0.895. The number of aromatic nitrogens is 2. The van der Waals surface area contributed by atoms with Crippen LogP contribution in [0.1, 0.15) is 30.0 Å². The Morgan fingerprint density at radius 1 is 1.64 bits per heavy atom. The average Bonchev–Trinajstić information content (AvgIpc) is 2.43. The second-order valence-electron chi connectivity index (χ2n) is 3.39. The van der Waals surface area contributed by atoms with Crippen LogP contribution in [0.5, 0.6) is 0 Å². The van der Waals surface area contributed by atoms with Crippen molar-refractivity contribution in [1.29, 1.82) is 0 Å². The molecule has 0 aliphatic carbocycles. The molecule has 0 spiro atoms. The number of hydrogen-bond acceptors (Lipinski definition) is 3. The molecular weight excluding hydrogens is 182 g/mol. The van der Waals surface area contributed by atoms with E-state index in [1.165, 1.54) is 0 Å². The van der Waals surface area contributed by atoms with E-state index < -0.39 is 0 Å². The molecule has 78 valence electrons. The zero-order chi connectivity index (χ0) is 10.7. The minimum Gasteiger partial charge on any atom is -0.272 e. The number of amides is 1. The largest absolute Gasteiger partial charge is 0.295 e. The standard InChI is InChI=1S/C9H15N3O2/c1-6(2)14-11-9(13)8-5-7(3)12(4)10-8/h5-6H,1-4H3,(H,11,13). The van der Waals surface area contributed by atoms with Gasteiger partial charge in [0.1, 0.15) is 0 Å². The summed E-state index contributed by atoms with van der Waals surface area (Å²) in [6, 6.07) is 1.71. The van der Waals surface area contributed by atoms with Crippen molar-refractivity contribution in [3.63, 3.8) is 0 Å². The van der Waals surface area contributed by atoms with E-state index in [1.807, 2.05) is 20.8 Å². The molecule has 1 aromatic rings. The predicted molar refractivity (Wildman–Crippen MR) is 51.6 cm³/mol. The number of nitrogens with one attached hydrogen (secondary N) is 1. The molecule has 0 aliphatic heterocycles. The summed E-state index contributed by atoms with van der Waals surface area (Å²) < 4.78 is 1.64. The van der Waals surface area contributed by atoms with Gasteiger partial charge < -0.3 is 0 Å². The lowest BCUT2D eigenvalue weighted by molar-refractivity contribution is -0.000173. The van der Waals surface area contributed by atoms with Crippen molar-refractivity contribution in [3.8, 4) is 0 Å². The Hall–Kier alpha value is -1.36. The van der Waals surface area contributed by atoms with E-state index >= 15 is 0 Å². The number of aryl methyl sites for hydroxylation is 2. The van der Waals surface area contributed by atoms with Gasteiger partial charge in [0.25, 0.3) is 5.91 Å². The van der Waals surface area contributed by atoms with Gasteiger partial charge in [-0.25, -0.2) is 5.48 Å². The average molecular weight is 197 g/mol. The van der Waals surface area contributed by atoms with Gasteiger partial charge in [-0.15, -0.1) is 0 Å². The minimum absolute atomic E-state index is 0.0382. The highest BCUT2D eigenvalue weighted by atomic mass is 16.7. The third kappa shape index (κ3) is 2.56. The second kappa shape index (κ2) is 4.23. The SMILES string of the molecule is Cc1cc(C(=O)NOC(C)C)nn1C. The van der Waals surface area contributed by atoms with Crippen LogP contribution in [0.2, 0.25) is 0 Å². The number of nitrogens with zero attached hydrogens (tertiary/aromatic N) is 2. The van der Waals surface area contributed by atoms with Gasteiger partial charge in [0.2, 0.25) is 0 Å². The highest BCUT2D eigenvalue weighted by Crippen LogP contribution is 2.00. The van der Waals surface area contributed by atoms with Crippen LogP contribution in [-0.2, 0) is 11.9 Å². The summed E-state index contributed by atoms with van der Waals surface area (Å²) in [6.07, 6.45) is -0.0382. The summed E-state index contributed by atoms with van der Waals surface area (Å²) in [5, 5.41) is 4.01. The van der Waals surface area contributed by atoms with Gasteiger partial charge in [-0.3, -0.25) is 14.3 Å². The Morgan fingerprint density at radius 2 is 2.29 bits per heavy atom. The minimum atomic E-state index is -0.317. The first-order chi connectivity index (χ1) is 6.50. The summed E-state index contributed by atoms with van der Waals surface area (Å²) >= 11 is 0. The van der Waals surface area contributed by atoms with Crippen LogP contribution < -0.4 is 5.48 Å². The maximum atomic E-state index is 11.4. The van der Waals surface area contributed by atoms with Crippen LogP contribution in [-0.4, -0.2) is 21.8 Å². The van der Waals surface area contributed by atoms with Crippen molar-refractivity contribution in [2.45, 2.75) is 26.9 Å². The summed E-state index contributed by atoms with van der Waals surface area (Å²) in [5.74, 6) is -0.317. The Kier molecular flexibility index (Phi) is 3.24. The lowest BCUT2D eigenvalue weighted by Gasteiger charge is -2.06. The van der Waals surface area contributed by atoms with E-state index in [2.05, 4.69) is 10.6 Å². The van der Waals surface area contributed by atoms with Crippen LogP contribution in [0.3, 0.4) is 0 Å². The highest BCUT2D eigenvalue weighted by molar-refractivity contribution is 5.91. The van der Waals surface area contributed by atoms with Crippen LogP contribution in [0.25, 0.3) is 0 Å². The van der Waals surface area contributed by atoms with Crippen molar-refractivity contribution >= 4 is 5.91 Å². The van der Waals surface area contributed by atoms with Gasteiger partial charge >= 0.3 is 0 Å². The van der Waals surface area contributed by atoms with E-state index in [0.717, 1.165) is 5.69 Å². The van der Waals surface area contributed by atoms with Gasteiger partial charge in [-0.05, 0) is 26.8 Å². The smallest absolute Gasteiger partial charge is 0.272 e. The van der Waals surface area contributed by atoms with Crippen molar-refractivity contribution in [2.75, 3.05) is 0 Å². The van der Waals surface area contributed by atoms with Crippen LogP contribution in [0.15, 0.2) is 6.07 Å². The zero-order valence-corrected chi connectivity index (χ0v) is 8.87. The van der Waals surface area contributed by atoms with Crippen LogP contribution >= 0.6 is 0 Å². The van der Waals surface area contributed by atoms with Crippen molar-refractivity contribution in [3.05, 3.63) is 17.5 Å². The quantitative estimate of drug-likeness (QED) is 0.729. The van der Waals surface area contributed by atoms with Gasteiger partial charge in [0, 0.05) is 12.7 Å². The maximum Gasteiger partial charge on any atom is 0.295 e. The molecule has 0 saturated heterocycles. The number of carbonyl (C=O) groups excluding carboxylic acids is 1. The molecule has 1 amide bonds. The Morgan fingerprint density at radius 3 is 2.71 bits per heavy atom. The molecule has 5 nitrogen and oxygen atoms in total. The molecule has 1 N–H and O–H groups in total. The first-order valence-electron chi connectivity index (χ1n) is 4.47. The fourth-order valence-corrected chi connectivity index (χ4v) is 0.895. The lowest BCUT2D eigenvalue weighted by atomic mass is 10.3. The molecule has 5 heteroatoms. The van der Waals surface area contributed by atoms with Crippen molar-refractivity contribution in [1.82, 2.24) is 15.3 Å². The Balaban J connectivity index is 2.61. The normalized spacial score (nSPS) is 10.6. The number of hydroxylamine groups is 1. The molecule has 0 aliphatic rings. The number of carbonyl (C=O) groups is 1. The lowest BCUT2D eigenvalue weighted by Crippen LogP contribution is -2.27. The Labute approximate surface area is 83.0 Å². The summed E-state index contributed by atoms with van der Waals surface area (Å²) in [7, 11) is 1.79. The van der Waals surface area contributed by atoms with Crippen LogP contribution in [0.4, 0.5) is 0 Å². The van der Waals surface area contributed by atoms with Gasteiger partial charge in [0.15, 0.2) is 5.69 Å². The maximum absolute atomic E-state index is 11.4. The molecule has 1 heterocycles. The molecule has 1 rings (SSSR count). The monoisotopic (exact) mass is 197 g/mol. The fraction of sp³-hybridized carbons (Fsp3) is 0.556. The zero-order valence-electron chi connectivity index (χ0n) is 8.87. The van der Waals surface area contributed by atoms with E-state index in [4.69, 9.17) is 4.84 Å². The molecule has 1 aromatic heterocycles. The van der Waals surface area contributed by atoms with E-state index in [0.29, 0.717) is 5.69 Å². The van der Waals surface area contributed by atoms with E-state index in [-0.39, 0.29) is 12.0 Å². The van der Waals surface area contributed by atoms with Crippen molar-refractivity contribution in [2.24, 2.45) is 7.05 Å².